The summed E-state index contributed by atoms with van der Waals surface area (Å²) in [6.07, 6.45) is 8.55. The molecule has 2 saturated carbocycles. The van der Waals surface area contributed by atoms with Crippen LogP contribution in [0.15, 0.2) is 0 Å². The van der Waals surface area contributed by atoms with Gasteiger partial charge in [-0.05, 0) is 55.8 Å². The number of amides is 1. The van der Waals surface area contributed by atoms with Gasteiger partial charge in [0.05, 0.1) is 0 Å². The second-order valence-electron chi connectivity index (χ2n) is 7.25. The van der Waals surface area contributed by atoms with Gasteiger partial charge >= 0.3 is 0 Å². The summed E-state index contributed by atoms with van der Waals surface area (Å²) >= 11 is 0. The molecule has 3 nitrogen and oxygen atoms in total. The maximum Gasteiger partial charge on any atom is 0.223 e. The highest BCUT2D eigenvalue weighted by atomic mass is 16.2. The van der Waals surface area contributed by atoms with Crippen LogP contribution in [0.3, 0.4) is 0 Å². The molecule has 0 aromatic carbocycles. The monoisotopic (exact) mass is 264 g/mol. The van der Waals surface area contributed by atoms with E-state index < -0.39 is 0 Å². The third-order valence-corrected chi connectivity index (χ3v) is 5.89. The number of carbonyl (C=O) groups excluding carboxylic acids is 1. The molecule has 1 amide bonds. The van der Waals surface area contributed by atoms with Crippen molar-refractivity contribution in [2.75, 3.05) is 13.1 Å². The first-order valence-corrected chi connectivity index (χ1v) is 8.17. The van der Waals surface area contributed by atoms with Crippen molar-refractivity contribution in [3.05, 3.63) is 0 Å². The Morgan fingerprint density at radius 2 is 2.05 bits per heavy atom. The van der Waals surface area contributed by atoms with Crippen LogP contribution in [0.4, 0.5) is 0 Å². The fourth-order valence-electron chi connectivity index (χ4n) is 4.77. The predicted octanol–water partition coefficient (Wildman–Crippen LogP) is 2.40. The number of likely N-dealkylation sites (tertiary alicyclic amines) is 1. The highest BCUT2D eigenvalue weighted by Gasteiger charge is 2.41. The van der Waals surface area contributed by atoms with Crippen molar-refractivity contribution >= 4 is 5.91 Å². The van der Waals surface area contributed by atoms with E-state index in [0.29, 0.717) is 24.4 Å². The van der Waals surface area contributed by atoms with E-state index in [0.717, 1.165) is 43.6 Å². The first kappa shape index (κ1) is 13.4. The number of nitrogens with zero attached hydrogens (tertiary/aromatic N) is 1. The molecule has 1 aliphatic heterocycles. The topological polar surface area (TPSA) is 46.3 Å². The molecule has 2 aliphatic carbocycles. The molecule has 2 bridgehead atoms. The summed E-state index contributed by atoms with van der Waals surface area (Å²) in [6.45, 7) is 3.84. The van der Waals surface area contributed by atoms with E-state index in [-0.39, 0.29) is 0 Å². The number of nitrogens with two attached hydrogens (primary N) is 1. The summed E-state index contributed by atoms with van der Waals surface area (Å²) in [4.78, 5) is 14.7. The van der Waals surface area contributed by atoms with E-state index in [1.54, 1.807) is 0 Å². The zero-order chi connectivity index (χ0) is 13.4. The first-order valence-electron chi connectivity index (χ1n) is 8.17. The van der Waals surface area contributed by atoms with Gasteiger partial charge in [0.15, 0.2) is 0 Å². The molecular weight excluding hydrogens is 236 g/mol. The number of carbonyl (C=O) groups is 1. The third-order valence-electron chi connectivity index (χ3n) is 5.89. The first-order chi connectivity index (χ1) is 9.17. The summed E-state index contributed by atoms with van der Waals surface area (Å²) in [7, 11) is 0. The van der Waals surface area contributed by atoms with Crippen molar-refractivity contribution in [3.8, 4) is 0 Å². The van der Waals surface area contributed by atoms with Crippen LogP contribution in [0.5, 0.6) is 0 Å². The minimum Gasteiger partial charge on any atom is -0.338 e. The summed E-state index contributed by atoms with van der Waals surface area (Å²) < 4.78 is 0. The number of rotatable bonds is 3. The summed E-state index contributed by atoms with van der Waals surface area (Å²) in [5, 5.41) is 0. The molecule has 3 rings (SSSR count). The molecule has 108 valence electrons. The fourth-order valence-corrected chi connectivity index (χ4v) is 4.77. The van der Waals surface area contributed by atoms with Gasteiger partial charge in [0.2, 0.25) is 5.91 Å². The van der Waals surface area contributed by atoms with Gasteiger partial charge in [0.25, 0.3) is 0 Å². The van der Waals surface area contributed by atoms with E-state index in [4.69, 9.17) is 5.73 Å². The molecule has 0 spiro atoms. The highest BCUT2D eigenvalue weighted by molar-refractivity contribution is 5.77. The zero-order valence-corrected chi connectivity index (χ0v) is 12.2. The quantitative estimate of drug-likeness (QED) is 0.851. The molecule has 3 fully saturated rings. The number of fused-ring (bicyclic) bond motifs is 2. The average molecular weight is 264 g/mol. The van der Waals surface area contributed by atoms with Crippen LogP contribution < -0.4 is 5.73 Å². The van der Waals surface area contributed by atoms with Gasteiger partial charge in [-0.1, -0.05) is 13.3 Å². The van der Waals surface area contributed by atoms with Crippen LogP contribution >= 0.6 is 0 Å². The maximum absolute atomic E-state index is 12.6. The number of piperidine rings is 1. The Hall–Kier alpha value is -0.570. The standard InChI is InChI=1S/C16H28N2O/c1-11-4-5-18(15(6-11)10-17)16(19)9-14-8-12-2-3-13(14)7-12/h11-15H,2-10,17H2,1H3. The summed E-state index contributed by atoms with van der Waals surface area (Å²) in [6, 6.07) is 0.301. The SMILES string of the molecule is CC1CCN(C(=O)CC2CC3CCC2C3)C(CN)C1. The molecule has 0 radical (unpaired) electrons. The lowest BCUT2D eigenvalue weighted by Gasteiger charge is -2.39. The van der Waals surface area contributed by atoms with Gasteiger partial charge < -0.3 is 10.6 Å². The Bertz CT molecular complexity index is 344. The molecule has 3 heteroatoms. The van der Waals surface area contributed by atoms with Crippen LogP contribution in [-0.4, -0.2) is 29.9 Å². The molecule has 0 aromatic rings. The Labute approximate surface area is 116 Å². The summed E-state index contributed by atoms with van der Waals surface area (Å²) in [5.41, 5.74) is 5.87. The Morgan fingerprint density at radius 1 is 1.21 bits per heavy atom. The van der Waals surface area contributed by atoms with E-state index in [1.807, 2.05) is 0 Å². The minimum absolute atomic E-state index is 0.301. The Balaban J connectivity index is 1.57. The largest absolute Gasteiger partial charge is 0.338 e. The second-order valence-corrected chi connectivity index (χ2v) is 7.25. The van der Waals surface area contributed by atoms with Crippen LogP contribution in [0.25, 0.3) is 0 Å². The molecule has 1 heterocycles. The lowest BCUT2D eigenvalue weighted by atomic mass is 9.85. The zero-order valence-electron chi connectivity index (χ0n) is 12.2. The fraction of sp³-hybridized carbons (Fsp3) is 0.938. The third kappa shape index (κ3) is 2.67. The van der Waals surface area contributed by atoms with Gasteiger partial charge in [-0.3, -0.25) is 4.79 Å². The maximum atomic E-state index is 12.6. The molecule has 19 heavy (non-hydrogen) atoms. The van der Waals surface area contributed by atoms with Gasteiger partial charge in [0.1, 0.15) is 0 Å². The normalized spacial score (nSPS) is 41.8. The summed E-state index contributed by atoms with van der Waals surface area (Å²) in [5.74, 6) is 3.59. The van der Waals surface area contributed by atoms with Crippen molar-refractivity contribution in [1.82, 2.24) is 4.90 Å². The predicted molar refractivity (Wildman–Crippen MR) is 76.5 cm³/mol. The molecule has 0 aromatic heterocycles. The van der Waals surface area contributed by atoms with E-state index in [9.17, 15) is 4.79 Å². The van der Waals surface area contributed by atoms with Crippen LogP contribution in [0.1, 0.15) is 51.9 Å². The van der Waals surface area contributed by atoms with Crippen molar-refractivity contribution in [2.45, 2.75) is 57.9 Å². The average Bonchev–Trinajstić information content (AvgIpc) is 3.00. The van der Waals surface area contributed by atoms with E-state index in [2.05, 4.69) is 11.8 Å². The lowest BCUT2D eigenvalue weighted by Crippen LogP contribution is -2.49. The minimum atomic E-state index is 0.301. The van der Waals surface area contributed by atoms with Crippen molar-refractivity contribution in [3.63, 3.8) is 0 Å². The van der Waals surface area contributed by atoms with Crippen molar-refractivity contribution in [2.24, 2.45) is 29.4 Å². The van der Waals surface area contributed by atoms with Crippen molar-refractivity contribution in [1.29, 1.82) is 0 Å². The highest BCUT2D eigenvalue weighted by Crippen LogP contribution is 2.49. The van der Waals surface area contributed by atoms with Gasteiger partial charge in [0, 0.05) is 25.6 Å². The number of hydrogen-bond donors (Lipinski definition) is 1. The number of hydrogen-bond acceptors (Lipinski definition) is 2. The smallest absolute Gasteiger partial charge is 0.223 e. The van der Waals surface area contributed by atoms with Crippen molar-refractivity contribution < 1.29 is 4.79 Å². The lowest BCUT2D eigenvalue weighted by molar-refractivity contribution is -0.136. The molecule has 5 unspecified atom stereocenters. The molecule has 5 atom stereocenters. The molecule has 3 aliphatic rings. The Kier molecular flexibility index (Phi) is 3.84. The van der Waals surface area contributed by atoms with E-state index >= 15 is 0 Å². The molecule has 2 N–H and O–H groups in total. The van der Waals surface area contributed by atoms with Crippen LogP contribution in [0.2, 0.25) is 0 Å². The molecular formula is C16H28N2O. The Morgan fingerprint density at radius 3 is 2.68 bits per heavy atom. The van der Waals surface area contributed by atoms with Gasteiger partial charge in [-0.2, -0.15) is 0 Å². The van der Waals surface area contributed by atoms with Crippen LogP contribution in [-0.2, 0) is 4.79 Å². The second kappa shape index (κ2) is 5.43. The van der Waals surface area contributed by atoms with Gasteiger partial charge in [-0.15, -0.1) is 0 Å². The molecule has 1 saturated heterocycles. The van der Waals surface area contributed by atoms with Gasteiger partial charge in [-0.25, -0.2) is 0 Å². The van der Waals surface area contributed by atoms with Crippen LogP contribution in [0, 0.1) is 23.7 Å². The van der Waals surface area contributed by atoms with E-state index in [1.165, 1.54) is 25.7 Å².